The third kappa shape index (κ3) is 5.68. The van der Waals surface area contributed by atoms with Crippen LogP contribution in [0.4, 0.5) is 17.1 Å². The van der Waals surface area contributed by atoms with Gasteiger partial charge in [0.2, 0.25) is 0 Å². The van der Waals surface area contributed by atoms with Crippen LogP contribution in [0, 0.1) is 0 Å². The molecule has 0 aliphatic rings. The Morgan fingerprint density at radius 2 is 0.842 bits per heavy atom. The first-order valence-electron chi connectivity index (χ1n) is 19.4. The number of aromatic nitrogens is 1. The minimum absolute atomic E-state index is 0.874. The first kappa shape index (κ1) is 32.8. The third-order valence-corrected chi connectivity index (χ3v) is 11.2. The van der Waals surface area contributed by atoms with Gasteiger partial charge in [0.25, 0.3) is 0 Å². The highest BCUT2D eigenvalue weighted by molar-refractivity contribution is 6.14. The fraction of sp³-hybridized carbons (Fsp3) is 0. The summed E-state index contributed by atoms with van der Waals surface area (Å²) in [5.74, 6) is 0. The van der Waals surface area contributed by atoms with Gasteiger partial charge in [-0.3, -0.25) is 0 Å². The van der Waals surface area contributed by atoms with Gasteiger partial charge in [0, 0.05) is 49.9 Å². The molecule has 3 nitrogen and oxygen atoms in total. The number of nitrogens with zero attached hydrogens (tertiary/aromatic N) is 2. The number of para-hydroxylation sites is 3. The molecule has 11 aromatic rings. The molecular formula is C54H36N2O. The molecule has 0 bridgehead atoms. The molecule has 0 saturated heterocycles. The minimum Gasteiger partial charge on any atom is -0.455 e. The molecule has 2 aromatic heterocycles. The van der Waals surface area contributed by atoms with E-state index in [1.165, 1.54) is 44.1 Å². The van der Waals surface area contributed by atoms with Crippen LogP contribution in [0.15, 0.2) is 223 Å². The lowest BCUT2D eigenvalue weighted by molar-refractivity contribution is 0.670. The summed E-state index contributed by atoms with van der Waals surface area (Å²) in [5.41, 5.74) is 15.3. The van der Waals surface area contributed by atoms with Gasteiger partial charge in [-0.15, -0.1) is 0 Å². The summed E-state index contributed by atoms with van der Waals surface area (Å²) in [6, 6.07) is 78.1. The lowest BCUT2D eigenvalue weighted by Crippen LogP contribution is -2.10. The predicted molar refractivity (Wildman–Crippen MR) is 239 cm³/mol. The fourth-order valence-corrected chi connectivity index (χ4v) is 8.47. The predicted octanol–water partition coefficient (Wildman–Crippen LogP) is 15.2. The Labute approximate surface area is 330 Å². The zero-order valence-electron chi connectivity index (χ0n) is 31.1. The normalized spacial score (nSPS) is 11.5. The van der Waals surface area contributed by atoms with Crippen LogP contribution in [0.5, 0.6) is 0 Å². The second-order valence-corrected chi connectivity index (χ2v) is 14.5. The van der Waals surface area contributed by atoms with E-state index in [4.69, 9.17) is 4.42 Å². The second kappa shape index (κ2) is 13.6. The van der Waals surface area contributed by atoms with Gasteiger partial charge in [-0.1, -0.05) is 146 Å². The van der Waals surface area contributed by atoms with Crippen molar-refractivity contribution in [1.29, 1.82) is 0 Å². The largest absolute Gasteiger partial charge is 0.455 e. The Morgan fingerprint density at radius 1 is 0.333 bits per heavy atom. The molecule has 0 radical (unpaired) electrons. The van der Waals surface area contributed by atoms with Crippen molar-refractivity contribution in [2.75, 3.05) is 4.90 Å². The number of hydrogen-bond donors (Lipinski definition) is 0. The molecule has 0 spiro atoms. The summed E-state index contributed by atoms with van der Waals surface area (Å²) in [7, 11) is 0. The lowest BCUT2D eigenvalue weighted by Gasteiger charge is -2.27. The van der Waals surface area contributed by atoms with E-state index in [0.29, 0.717) is 0 Å². The first-order valence-corrected chi connectivity index (χ1v) is 19.4. The molecule has 0 aliphatic heterocycles. The van der Waals surface area contributed by atoms with Gasteiger partial charge in [-0.2, -0.15) is 0 Å². The molecule has 0 amide bonds. The van der Waals surface area contributed by atoms with Crippen molar-refractivity contribution in [3.63, 3.8) is 0 Å². The van der Waals surface area contributed by atoms with Gasteiger partial charge >= 0.3 is 0 Å². The van der Waals surface area contributed by atoms with Crippen LogP contribution in [0.2, 0.25) is 0 Å². The number of rotatable bonds is 7. The van der Waals surface area contributed by atoms with E-state index >= 15 is 0 Å². The van der Waals surface area contributed by atoms with E-state index in [2.05, 4.69) is 222 Å². The smallest absolute Gasteiger partial charge is 0.143 e. The molecule has 57 heavy (non-hydrogen) atoms. The number of fused-ring (bicyclic) bond motifs is 6. The summed E-state index contributed by atoms with van der Waals surface area (Å²) in [6.45, 7) is 0. The topological polar surface area (TPSA) is 21.3 Å². The monoisotopic (exact) mass is 728 g/mol. The van der Waals surface area contributed by atoms with Crippen LogP contribution >= 0.6 is 0 Å². The summed E-state index contributed by atoms with van der Waals surface area (Å²) >= 11 is 0. The maximum absolute atomic E-state index is 6.76. The maximum atomic E-state index is 6.76. The van der Waals surface area contributed by atoms with Gasteiger partial charge in [-0.05, 0) is 101 Å². The fourth-order valence-electron chi connectivity index (χ4n) is 8.47. The Hall–Kier alpha value is -7.62. The molecule has 268 valence electrons. The van der Waals surface area contributed by atoms with E-state index in [9.17, 15) is 0 Å². The van der Waals surface area contributed by atoms with Crippen molar-refractivity contribution in [3.05, 3.63) is 218 Å². The van der Waals surface area contributed by atoms with E-state index < -0.39 is 0 Å². The van der Waals surface area contributed by atoms with Crippen molar-refractivity contribution in [2.24, 2.45) is 0 Å². The van der Waals surface area contributed by atoms with Crippen LogP contribution < -0.4 is 4.90 Å². The quantitative estimate of drug-likeness (QED) is 0.163. The van der Waals surface area contributed by atoms with E-state index in [-0.39, 0.29) is 0 Å². The molecule has 0 atom stereocenters. The average Bonchev–Trinajstić information content (AvgIpc) is 3.83. The number of anilines is 3. The van der Waals surface area contributed by atoms with Crippen LogP contribution in [0.3, 0.4) is 0 Å². The zero-order valence-corrected chi connectivity index (χ0v) is 31.1. The SMILES string of the molecule is c1ccc(-c2ccc(N(c3ccc(-c4ccccc4)cc3)c3cc(-c4ccc5c(c4)c4ccccc4n5-c4ccccc4)c4oc5ccccc5c4c3)cc2)cc1. The first-order chi connectivity index (χ1) is 28.3. The van der Waals surface area contributed by atoms with Gasteiger partial charge in [0.05, 0.1) is 11.0 Å². The summed E-state index contributed by atoms with van der Waals surface area (Å²) < 4.78 is 9.13. The van der Waals surface area contributed by atoms with Crippen molar-refractivity contribution in [1.82, 2.24) is 4.57 Å². The number of benzene rings is 9. The van der Waals surface area contributed by atoms with E-state index in [1.54, 1.807) is 0 Å². The van der Waals surface area contributed by atoms with E-state index in [0.717, 1.165) is 55.8 Å². The van der Waals surface area contributed by atoms with Crippen molar-refractivity contribution in [3.8, 4) is 39.1 Å². The van der Waals surface area contributed by atoms with Crippen LogP contribution in [0.25, 0.3) is 82.8 Å². The molecule has 0 N–H and O–H groups in total. The highest BCUT2D eigenvalue weighted by Gasteiger charge is 2.21. The van der Waals surface area contributed by atoms with Gasteiger partial charge in [0.1, 0.15) is 11.2 Å². The standard InChI is InChI=1S/C54H36N2O/c1-4-14-37(15-5-1)39-24-29-43(30-25-39)55(44-31-26-40(27-32-44)38-16-6-2-7-17-38)45-35-48(54-50(36-45)47-21-11-13-23-53(47)57-54)41-28-33-52-49(34-41)46-20-10-12-22-51(46)56(52)42-18-8-3-9-19-42/h1-36H. The van der Waals surface area contributed by atoms with Crippen molar-refractivity contribution < 1.29 is 4.42 Å². The molecule has 11 rings (SSSR count). The molecular weight excluding hydrogens is 693 g/mol. The number of furan rings is 1. The van der Waals surface area contributed by atoms with Crippen LogP contribution in [0.1, 0.15) is 0 Å². The molecule has 2 heterocycles. The summed E-state index contributed by atoms with van der Waals surface area (Å²) in [4.78, 5) is 2.37. The van der Waals surface area contributed by atoms with Gasteiger partial charge in [0.15, 0.2) is 0 Å². The molecule has 0 fully saturated rings. The molecule has 3 heteroatoms. The Bertz CT molecular complexity index is 3120. The third-order valence-electron chi connectivity index (χ3n) is 11.2. The molecule has 9 aromatic carbocycles. The minimum atomic E-state index is 0.874. The van der Waals surface area contributed by atoms with Crippen LogP contribution in [-0.2, 0) is 0 Å². The highest BCUT2D eigenvalue weighted by atomic mass is 16.3. The Kier molecular flexibility index (Phi) is 7.82. The zero-order chi connectivity index (χ0) is 37.7. The second-order valence-electron chi connectivity index (χ2n) is 14.5. The van der Waals surface area contributed by atoms with Gasteiger partial charge in [-0.25, -0.2) is 0 Å². The average molecular weight is 729 g/mol. The highest BCUT2D eigenvalue weighted by Crippen LogP contribution is 2.45. The van der Waals surface area contributed by atoms with Crippen molar-refractivity contribution in [2.45, 2.75) is 0 Å². The number of hydrogen-bond acceptors (Lipinski definition) is 2. The maximum Gasteiger partial charge on any atom is 0.143 e. The van der Waals surface area contributed by atoms with Gasteiger partial charge < -0.3 is 13.9 Å². The summed E-state index contributed by atoms with van der Waals surface area (Å²) in [6.07, 6.45) is 0. The molecule has 0 saturated carbocycles. The summed E-state index contributed by atoms with van der Waals surface area (Å²) in [5, 5.41) is 4.59. The van der Waals surface area contributed by atoms with E-state index in [1.807, 2.05) is 6.07 Å². The Balaban J connectivity index is 1.14. The van der Waals surface area contributed by atoms with Crippen LogP contribution in [-0.4, -0.2) is 4.57 Å². The lowest BCUT2D eigenvalue weighted by atomic mass is 9.98. The molecule has 0 unspecified atom stereocenters. The van der Waals surface area contributed by atoms with Crippen molar-refractivity contribution >= 4 is 60.8 Å². The Morgan fingerprint density at radius 3 is 1.49 bits per heavy atom. The molecule has 0 aliphatic carbocycles.